The maximum absolute atomic E-state index is 12.9. The second-order valence-electron chi connectivity index (χ2n) is 8.66. The van der Waals surface area contributed by atoms with Crippen molar-refractivity contribution in [3.05, 3.63) is 54.1 Å². The van der Waals surface area contributed by atoms with Crippen molar-refractivity contribution in [1.82, 2.24) is 5.32 Å². The van der Waals surface area contributed by atoms with Gasteiger partial charge in [-0.3, -0.25) is 9.10 Å². The van der Waals surface area contributed by atoms with E-state index in [0.29, 0.717) is 17.9 Å². The van der Waals surface area contributed by atoms with Gasteiger partial charge in [-0.1, -0.05) is 24.3 Å². The molecule has 1 heterocycles. The van der Waals surface area contributed by atoms with Gasteiger partial charge in [0.25, 0.3) is 0 Å². The summed E-state index contributed by atoms with van der Waals surface area (Å²) in [5.41, 5.74) is 0.808. The highest BCUT2D eigenvalue weighted by Gasteiger charge is 2.35. The summed E-state index contributed by atoms with van der Waals surface area (Å²) in [4.78, 5) is 12.9. The topological polar surface area (TPSA) is 84.9 Å². The molecule has 0 bridgehead atoms. The molecular formula is C23H30N2O5S. The fraction of sp³-hybridized carbons (Fsp3) is 0.435. The second-order valence-corrected chi connectivity index (χ2v) is 10.6. The van der Waals surface area contributed by atoms with Crippen LogP contribution in [0, 0.1) is 0 Å². The van der Waals surface area contributed by atoms with Gasteiger partial charge in [0.2, 0.25) is 15.9 Å². The van der Waals surface area contributed by atoms with Crippen LogP contribution in [0.5, 0.6) is 11.5 Å². The van der Waals surface area contributed by atoms with Gasteiger partial charge in [-0.05, 0) is 45.9 Å². The normalized spacial score (nSPS) is 17.4. The van der Waals surface area contributed by atoms with E-state index in [4.69, 9.17) is 9.47 Å². The summed E-state index contributed by atoms with van der Waals surface area (Å²) in [6, 6.07) is 14.0. The lowest BCUT2D eigenvalue weighted by atomic mass is 9.89. The van der Waals surface area contributed by atoms with Gasteiger partial charge in [0.15, 0.2) is 0 Å². The lowest BCUT2D eigenvalue weighted by molar-refractivity contribution is -0.120. The van der Waals surface area contributed by atoms with Crippen molar-refractivity contribution in [1.29, 1.82) is 0 Å². The fourth-order valence-electron chi connectivity index (χ4n) is 3.69. The average Bonchev–Trinajstić information content (AvgIpc) is 2.64. The predicted molar refractivity (Wildman–Crippen MR) is 121 cm³/mol. The first-order chi connectivity index (χ1) is 14.4. The van der Waals surface area contributed by atoms with Gasteiger partial charge >= 0.3 is 0 Å². The summed E-state index contributed by atoms with van der Waals surface area (Å²) in [6.45, 7) is 7.38. The maximum atomic E-state index is 12.9. The van der Waals surface area contributed by atoms with Gasteiger partial charge in [-0.25, -0.2) is 8.42 Å². The molecule has 2 aromatic rings. The van der Waals surface area contributed by atoms with Crippen molar-refractivity contribution in [2.45, 2.75) is 51.9 Å². The first kappa shape index (κ1) is 22.9. The summed E-state index contributed by atoms with van der Waals surface area (Å²) >= 11 is 0. The van der Waals surface area contributed by atoms with Gasteiger partial charge in [0.1, 0.15) is 23.6 Å². The zero-order valence-electron chi connectivity index (χ0n) is 18.6. The number of para-hydroxylation sites is 1. The average molecular weight is 447 g/mol. The predicted octanol–water partition coefficient (Wildman–Crippen LogP) is 3.66. The van der Waals surface area contributed by atoms with Crippen LogP contribution in [0.3, 0.4) is 0 Å². The van der Waals surface area contributed by atoms with Crippen molar-refractivity contribution in [3.63, 3.8) is 0 Å². The standard InChI is InChI=1S/C23H30N2O5S/c1-16(2)29-18-10-8-9-17(13-18)25(31(5,27)28)15-22(26)24-20-14-23(3,4)30-21-12-7-6-11-19(20)21/h6-13,16,20H,14-15H2,1-5H3,(H,24,26)/t20-/m0/s1. The molecule has 0 aliphatic carbocycles. The van der Waals surface area contributed by atoms with Crippen LogP contribution in [-0.2, 0) is 14.8 Å². The number of fused-ring (bicyclic) bond motifs is 1. The molecule has 7 nitrogen and oxygen atoms in total. The van der Waals surface area contributed by atoms with E-state index in [1.165, 1.54) is 0 Å². The molecule has 1 aliphatic heterocycles. The van der Waals surface area contributed by atoms with Crippen LogP contribution in [0.25, 0.3) is 0 Å². The third-order valence-corrected chi connectivity index (χ3v) is 6.02. The quantitative estimate of drug-likeness (QED) is 0.702. The van der Waals surface area contributed by atoms with Crippen LogP contribution in [0.4, 0.5) is 5.69 Å². The van der Waals surface area contributed by atoms with E-state index in [9.17, 15) is 13.2 Å². The van der Waals surface area contributed by atoms with E-state index in [0.717, 1.165) is 21.9 Å². The molecule has 1 aliphatic rings. The number of nitrogens with zero attached hydrogens (tertiary/aromatic N) is 1. The number of carbonyl (C=O) groups excluding carboxylic acids is 1. The van der Waals surface area contributed by atoms with Gasteiger partial charge < -0.3 is 14.8 Å². The molecule has 1 atom stereocenters. The number of ether oxygens (including phenoxy) is 2. The van der Waals surface area contributed by atoms with Crippen LogP contribution in [0.2, 0.25) is 0 Å². The van der Waals surface area contributed by atoms with Crippen LogP contribution in [0.15, 0.2) is 48.5 Å². The smallest absolute Gasteiger partial charge is 0.241 e. The van der Waals surface area contributed by atoms with Crippen molar-refractivity contribution in [2.24, 2.45) is 0 Å². The minimum atomic E-state index is -3.69. The SMILES string of the molecule is CC(C)Oc1cccc(N(CC(=O)N[C@H]2CC(C)(C)Oc3ccccc32)S(C)(=O)=O)c1. The van der Waals surface area contributed by atoms with E-state index in [-0.39, 0.29) is 18.7 Å². The molecule has 0 radical (unpaired) electrons. The first-order valence-corrected chi connectivity index (χ1v) is 12.1. The fourth-order valence-corrected chi connectivity index (χ4v) is 4.53. The molecular weight excluding hydrogens is 416 g/mol. The molecule has 0 fully saturated rings. The molecule has 0 saturated heterocycles. The Morgan fingerprint density at radius 2 is 1.94 bits per heavy atom. The van der Waals surface area contributed by atoms with Crippen molar-refractivity contribution in [2.75, 3.05) is 17.1 Å². The largest absolute Gasteiger partial charge is 0.491 e. The Morgan fingerprint density at radius 3 is 2.61 bits per heavy atom. The molecule has 0 saturated carbocycles. The molecule has 31 heavy (non-hydrogen) atoms. The summed E-state index contributed by atoms with van der Waals surface area (Å²) < 4.78 is 37.7. The minimum Gasteiger partial charge on any atom is -0.491 e. The number of anilines is 1. The van der Waals surface area contributed by atoms with Gasteiger partial charge in [0.05, 0.1) is 24.1 Å². The van der Waals surface area contributed by atoms with E-state index in [1.807, 2.05) is 52.0 Å². The van der Waals surface area contributed by atoms with Crippen molar-refractivity contribution < 1.29 is 22.7 Å². The summed E-state index contributed by atoms with van der Waals surface area (Å²) in [5.74, 6) is 0.877. The molecule has 3 rings (SSSR count). The third-order valence-electron chi connectivity index (χ3n) is 4.88. The Hall–Kier alpha value is -2.74. The van der Waals surface area contributed by atoms with Crippen molar-refractivity contribution >= 4 is 21.6 Å². The van der Waals surface area contributed by atoms with Crippen molar-refractivity contribution in [3.8, 4) is 11.5 Å². The molecule has 8 heteroatoms. The number of sulfonamides is 1. The number of benzene rings is 2. The van der Waals surface area contributed by atoms with Gasteiger partial charge in [0, 0.05) is 18.1 Å². The van der Waals surface area contributed by atoms with Gasteiger partial charge in [-0.2, -0.15) is 0 Å². The van der Waals surface area contributed by atoms with E-state index >= 15 is 0 Å². The molecule has 0 unspecified atom stereocenters. The Balaban J connectivity index is 1.81. The number of nitrogens with one attached hydrogen (secondary N) is 1. The zero-order valence-corrected chi connectivity index (χ0v) is 19.4. The van der Waals surface area contributed by atoms with Gasteiger partial charge in [-0.15, -0.1) is 0 Å². The number of rotatable bonds is 7. The molecule has 1 N–H and O–H groups in total. The van der Waals surface area contributed by atoms with E-state index < -0.39 is 21.5 Å². The summed E-state index contributed by atoms with van der Waals surface area (Å²) in [5, 5.41) is 2.99. The Bertz CT molecular complexity index is 1050. The highest BCUT2D eigenvalue weighted by atomic mass is 32.2. The second kappa shape index (κ2) is 8.78. The summed E-state index contributed by atoms with van der Waals surface area (Å²) in [6.07, 6.45) is 1.61. The first-order valence-electron chi connectivity index (χ1n) is 10.3. The third kappa shape index (κ3) is 5.91. The Kier molecular flexibility index (Phi) is 6.50. The molecule has 168 valence electrons. The highest BCUT2D eigenvalue weighted by molar-refractivity contribution is 7.92. The molecule has 2 aromatic carbocycles. The molecule has 1 amide bonds. The lowest BCUT2D eigenvalue weighted by Crippen LogP contribution is -2.45. The summed E-state index contributed by atoms with van der Waals surface area (Å²) in [7, 11) is -3.69. The lowest BCUT2D eigenvalue weighted by Gasteiger charge is -2.38. The number of hydrogen-bond acceptors (Lipinski definition) is 5. The van der Waals surface area contributed by atoms with E-state index in [1.54, 1.807) is 24.3 Å². The van der Waals surface area contributed by atoms with Crippen LogP contribution < -0.4 is 19.1 Å². The molecule has 0 aromatic heterocycles. The van der Waals surface area contributed by atoms with Crippen LogP contribution >= 0.6 is 0 Å². The van der Waals surface area contributed by atoms with E-state index in [2.05, 4.69) is 5.32 Å². The highest BCUT2D eigenvalue weighted by Crippen LogP contribution is 2.39. The monoisotopic (exact) mass is 446 g/mol. The van der Waals surface area contributed by atoms with Crippen LogP contribution in [0.1, 0.15) is 45.7 Å². The molecule has 0 spiro atoms. The Morgan fingerprint density at radius 1 is 1.23 bits per heavy atom. The number of amides is 1. The minimum absolute atomic E-state index is 0.0535. The van der Waals surface area contributed by atoms with Crippen LogP contribution in [-0.4, -0.2) is 38.8 Å². The maximum Gasteiger partial charge on any atom is 0.241 e. The Labute approximate surface area is 184 Å². The zero-order chi connectivity index (χ0) is 22.8. The number of carbonyl (C=O) groups is 1. The number of hydrogen-bond donors (Lipinski definition) is 1.